The Morgan fingerprint density at radius 3 is 2.67 bits per heavy atom. The number of nitrogens with zero attached hydrogens (tertiary/aromatic N) is 6. The van der Waals surface area contributed by atoms with Gasteiger partial charge in [0.15, 0.2) is 0 Å². The molecule has 24 heavy (non-hydrogen) atoms. The highest BCUT2D eigenvalue weighted by molar-refractivity contribution is 5.43. The lowest BCUT2D eigenvalue weighted by molar-refractivity contribution is 0.348. The zero-order valence-corrected chi connectivity index (χ0v) is 14.8. The minimum atomic E-state index is 0.785. The number of hydrogen-bond acceptors (Lipinski definition) is 5. The van der Waals surface area contributed by atoms with E-state index in [0.29, 0.717) is 0 Å². The van der Waals surface area contributed by atoms with Crippen molar-refractivity contribution in [3.05, 3.63) is 31.1 Å². The number of anilines is 1. The van der Waals surface area contributed by atoms with Gasteiger partial charge in [-0.15, -0.1) is 0 Å². The second-order valence-electron chi connectivity index (χ2n) is 6.96. The van der Waals surface area contributed by atoms with Gasteiger partial charge in [0.2, 0.25) is 0 Å². The Hall–Kier alpha value is -1.95. The van der Waals surface area contributed by atoms with Crippen LogP contribution in [0.1, 0.15) is 32.1 Å². The first-order valence-electron chi connectivity index (χ1n) is 8.92. The molecule has 0 atom stereocenters. The predicted molar refractivity (Wildman–Crippen MR) is 96.5 cm³/mol. The van der Waals surface area contributed by atoms with Crippen molar-refractivity contribution >= 4 is 5.82 Å². The number of rotatable bonds is 7. The first kappa shape index (κ1) is 16.9. The van der Waals surface area contributed by atoms with E-state index in [0.717, 1.165) is 37.2 Å². The lowest BCUT2D eigenvalue weighted by Crippen LogP contribution is -2.36. The Bertz CT molecular complexity index is 604. The first-order valence-corrected chi connectivity index (χ1v) is 8.92. The molecule has 3 rings (SSSR count). The second kappa shape index (κ2) is 8.24. The van der Waals surface area contributed by atoms with Crippen LogP contribution in [0.15, 0.2) is 31.1 Å². The third kappa shape index (κ3) is 4.54. The molecule has 1 aliphatic carbocycles. The summed E-state index contributed by atoms with van der Waals surface area (Å²) in [4.78, 5) is 17.7. The fraction of sp³-hybridized carbons (Fsp3) is 0.611. The molecule has 0 amide bonds. The average Bonchev–Trinajstić information content (AvgIpc) is 3.14. The third-order valence-corrected chi connectivity index (χ3v) is 4.75. The van der Waals surface area contributed by atoms with E-state index in [1.54, 1.807) is 18.9 Å². The molecule has 1 saturated carbocycles. The molecule has 2 aromatic heterocycles. The van der Waals surface area contributed by atoms with E-state index in [2.05, 4.69) is 44.9 Å². The SMILES string of the molecule is CN(C)CCN(CC1CCCCC1)c1cc(-n2ccnc2)ncn1. The summed E-state index contributed by atoms with van der Waals surface area (Å²) in [5.41, 5.74) is 0. The average molecular weight is 328 g/mol. The number of aromatic nitrogens is 4. The Labute approximate surface area is 144 Å². The topological polar surface area (TPSA) is 50.1 Å². The minimum absolute atomic E-state index is 0.785. The van der Waals surface area contributed by atoms with Gasteiger partial charge in [-0.25, -0.2) is 15.0 Å². The normalized spacial score (nSPS) is 15.8. The number of likely N-dealkylation sites (N-methyl/N-ethyl adjacent to an activating group) is 1. The van der Waals surface area contributed by atoms with Gasteiger partial charge in [-0.3, -0.25) is 4.57 Å². The van der Waals surface area contributed by atoms with Crippen molar-refractivity contribution in [2.24, 2.45) is 5.92 Å². The fourth-order valence-electron chi connectivity index (χ4n) is 3.35. The Morgan fingerprint density at radius 1 is 1.12 bits per heavy atom. The lowest BCUT2D eigenvalue weighted by Gasteiger charge is -2.31. The number of hydrogen-bond donors (Lipinski definition) is 0. The van der Waals surface area contributed by atoms with Crippen LogP contribution in [0.4, 0.5) is 5.82 Å². The highest BCUT2D eigenvalue weighted by Crippen LogP contribution is 2.26. The molecule has 0 spiro atoms. The van der Waals surface area contributed by atoms with Crippen molar-refractivity contribution < 1.29 is 0 Å². The minimum Gasteiger partial charge on any atom is -0.355 e. The second-order valence-corrected chi connectivity index (χ2v) is 6.96. The van der Waals surface area contributed by atoms with Gasteiger partial charge >= 0.3 is 0 Å². The van der Waals surface area contributed by atoms with Crippen LogP contribution in [0.25, 0.3) is 5.82 Å². The smallest absolute Gasteiger partial charge is 0.143 e. The molecule has 130 valence electrons. The third-order valence-electron chi connectivity index (χ3n) is 4.75. The molecule has 0 N–H and O–H groups in total. The highest BCUT2D eigenvalue weighted by atomic mass is 15.2. The molecule has 1 fully saturated rings. The van der Waals surface area contributed by atoms with Gasteiger partial charge in [-0.1, -0.05) is 19.3 Å². The molecule has 1 aliphatic rings. The summed E-state index contributed by atoms with van der Waals surface area (Å²) in [6.45, 7) is 3.11. The van der Waals surface area contributed by atoms with Crippen molar-refractivity contribution in [3.63, 3.8) is 0 Å². The quantitative estimate of drug-likeness (QED) is 0.782. The summed E-state index contributed by atoms with van der Waals surface area (Å²) in [6, 6.07) is 2.07. The van der Waals surface area contributed by atoms with Crippen molar-refractivity contribution in [3.8, 4) is 5.82 Å². The Balaban J connectivity index is 1.77. The van der Waals surface area contributed by atoms with E-state index < -0.39 is 0 Å². The van der Waals surface area contributed by atoms with Gasteiger partial charge in [-0.05, 0) is 32.9 Å². The van der Waals surface area contributed by atoms with E-state index in [1.165, 1.54) is 32.1 Å². The number of imidazole rings is 1. The molecule has 0 saturated heterocycles. The zero-order valence-electron chi connectivity index (χ0n) is 14.8. The largest absolute Gasteiger partial charge is 0.355 e. The fourth-order valence-corrected chi connectivity index (χ4v) is 3.35. The predicted octanol–water partition coefficient (Wildman–Crippen LogP) is 2.61. The van der Waals surface area contributed by atoms with E-state index in [1.807, 2.05) is 10.8 Å². The summed E-state index contributed by atoms with van der Waals surface area (Å²) in [6.07, 6.45) is 13.9. The van der Waals surface area contributed by atoms with Crippen molar-refractivity contribution in [2.75, 3.05) is 38.6 Å². The Morgan fingerprint density at radius 2 is 1.96 bits per heavy atom. The van der Waals surface area contributed by atoms with Crippen LogP contribution in [0, 0.1) is 5.92 Å². The van der Waals surface area contributed by atoms with Gasteiger partial charge in [-0.2, -0.15) is 0 Å². The van der Waals surface area contributed by atoms with Gasteiger partial charge in [0.05, 0.1) is 0 Å². The highest BCUT2D eigenvalue weighted by Gasteiger charge is 2.19. The van der Waals surface area contributed by atoms with Crippen molar-refractivity contribution in [2.45, 2.75) is 32.1 Å². The van der Waals surface area contributed by atoms with Gasteiger partial charge in [0.25, 0.3) is 0 Å². The summed E-state index contributed by atoms with van der Waals surface area (Å²) in [5, 5.41) is 0. The molecule has 0 radical (unpaired) electrons. The van der Waals surface area contributed by atoms with Crippen LogP contribution < -0.4 is 4.90 Å². The van der Waals surface area contributed by atoms with Gasteiger partial charge in [0.1, 0.15) is 24.3 Å². The van der Waals surface area contributed by atoms with Crippen LogP contribution >= 0.6 is 0 Å². The van der Waals surface area contributed by atoms with Crippen LogP contribution in [-0.4, -0.2) is 58.1 Å². The molecular weight excluding hydrogens is 300 g/mol. The first-order chi connectivity index (χ1) is 11.7. The summed E-state index contributed by atoms with van der Waals surface area (Å²) in [5.74, 6) is 2.67. The van der Waals surface area contributed by atoms with E-state index >= 15 is 0 Å². The Kier molecular flexibility index (Phi) is 5.80. The van der Waals surface area contributed by atoms with E-state index in [4.69, 9.17) is 0 Å². The molecular formula is C18H28N6. The monoisotopic (exact) mass is 328 g/mol. The standard InChI is InChI=1S/C18H28N6/c1-22(2)10-11-23(13-16-6-4-3-5-7-16)17-12-18(21-14-20-17)24-9-8-19-15-24/h8-9,12,14-16H,3-7,10-11,13H2,1-2H3. The molecule has 2 aromatic rings. The lowest BCUT2D eigenvalue weighted by atomic mass is 9.89. The maximum Gasteiger partial charge on any atom is 0.143 e. The van der Waals surface area contributed by atoms with Gasteiger partial charge < -0.3 is 9.80 Å². The molecule has 0 aliphatic heterocycles. The maximum atomic E-state index is 4.56. The summed E-state index contributed by atoms with van der Waals surface area (Å²) in [7, 11) is 4.24. The van der Waals surface area contributed by atoms with Crippen molar-refractivity contribution in [1.82, 2.24) is 24.4 Å². The van der Waals surface area contributed by atoms with Crippen LogP contribution in [0.2, 0.25) is 0 Å². The molecule has 0 bridgehead atoms. The molecule has 0 unspecified atom stereocenters. The summed E-state index contributed by atoms with van der Waals surface area (Å²) >= 11 is 0. The summed E-state index contributed by atoms with van der Waals surface area (Å²) < 4.78 is 1.93. The van der Waals surface area contributed by atoms with Gasteiger partial charge in [0, 0.05) is 38.1 Å². The van der Waals surface area contributed by atoms with Crippen LogP contribution in [0.3, 0.4) is 0 Å². The maximum absolute atomic E-state index is 4.56. The van der Waals surface area contributed by atoms with E-state index in [9.17, 15) is 0 Å². The van der Waals surface area contributed by atoms with E-state index in [-0.39, 0.29) is 0 Å². The van der Waals surface area contributed by atoms with Crippen LogP contribution in [0.5, 0.6) is 0 Å². The van der Waals surface area contributed by atoms with Crippen LogP contribution in [-0.2, 0) is 0 Å². The molecule has 0 aromatic carbocycles. The molecule has 2 heterocycles. The zero-order chi connectivity index (χ0) is 16.8. The molecule has 6 nitrogen and oxygen atoms in total. The van der Waals surface area contributed by atoms with Crippen molar-refractivity contribution in [1.29, 1.82) is 0 Å². The molecule has 6 heteroatoms.